The Bertz CT molecular complexity index is 683. The van der Waals surface area contributed by atoms with Gasteiger partial charge in [0.05, 0.1) is 18.1 Å². The minimum atomic E-state index is -0.528. The highest BCUT2D eigenvalue weighted by molar-refractivity contribution is 5.91. The SMILES string of the molecule is CCC(C)C(C(=O)OC)N1C=CC(=O)C[C@@H]1c1ccc([N+](=O)[O-])cc1. The molecule has 0 spiro atoms. The summed E-state index contributed by atoms with van der Waals surface area (Å²) in [4.78, 5) is 36.5. The van der Waals surface area contributed by atoms with Crippen LogP contribution in [0.1, 0.15) is 38.3 Å². The van der Waals surface area contributed by atoms with E-state index in [1.165, 1.54) is 25.3 Å². The van der Waals surface area contributed by atoms with Crippen LogP contribution in [-0.4, -0.2) is 34.7 Å². The third-order valence-electron chi connectivity index (χ3n) is 4.62. The maximum Gasteiger partial charge on any atom is 0.328 e. The number of carbonyl (C=O) groups is 2. The van der Waals surface area contributed by atoms with Crippen molar-refractivity contribution in [3.8, 4) is 0 Å². The van der Waals surface area contributed by atoms with Crippen LogP contribution in [0, 0.1) is 16.0 Å². The number of benzene rings is 1. The molecule has 0 N–H and O–H groups in total. The van der Waals surface area contributed by atoms with Crippen LogP contribution < -0.4 is 0 Å². The Hall–Kier alpha value is -2.70. The Labute approximate surface area is 146 Å². The largest absolute Gasteiger partial charge is 0.467 e. The normalized spacial score (nSPS) is 19.4. The van der Waals surface area contributed by atoms with Gasteiger partial charge in [0.2, 0.25) is 0 Å². The van der Waals surface area contributed by atoms with E-state index in [1.54, 1.807) is 18.3 Å². The van der Waals surface area contributed by atoms with Gasteiger partial charge in [-0.15, -0.1) is 0 Å². The van der Waals surface area contributed by atoms with Crippen molar-refractivity contribution < 1.29 is 19.2 Å². The van der Waals surface area contributed by atoms with Gasteiger partial charge in [0.25, 0.3) is 5.69 Å². The molecule has 0 amide bonds. The van der Waals surface area contributed by atoms with Gasteiger partial charge >= 0.3 is 5.97 Å². The maximum atomic E-state index is 12.3. The van der Waals surface area contributed by atoms with Crippen LogP contribution in [0.4, 0.5) is 5.69 Å². The third-order valence-corrected chi connectivity index (χ3v) is 4.62. The molecule has 0 aliphatic carbocycles. The molecule has 0 fully saturated rings. The number of methoxy groups -OCH3 is 1. The topological polar surface area (TPSA) is 89.8 Å². The summed E-state index contributed by atoms with van der Waals surface area (Å²) in [6, 6.07) is 5.19. The molecule has 2 unspecified atom stereocenters. The maximum absolute atomic E-state index is 12.3. The number of carbonyl (C=O) groups excluding carboxylic acids is 2. The first-order valence-corrected chi connectivity index (χ1v) is 8.19. The third kappa shape index (κ3) is 4.04. The molecular weight excluding hydrogens is 324 g/mol. The van der Waals surface area contributed by atoms with Gasteiger partial charge in [-0.3, -0.25) is 14.9 Å². The molecule has 0 radical (unpaired) electrons. The Morgan fingerprint density at radius 2 is 2.04 bits per heavy atom. The minimum absolute atomic E-state index is 0.0144. The standard InChI is InChI=1S/C18H22N2O5/c1-4-12(2)17(18(22)25-3)19-10-9-15(21)11-16(19)13-5-7-14(8-6-13)20(23)24/h5-10,12,16-17H,4,11H2,1-3H3/t12?,16-,17?/m1/s1. The molecule has 1 aromatic carbocycles. The number of ether oxygens (including phenoxy) is 1. The number of nitro groups is 1. The Morgan fingerprint density at radius 3 is 2.56 bits per heavy atom. The van der Waals surface area contributed by atoms with E-state index in [9.17, 15) is 19.7 Å². The molecule has 1 aliphatic heterocycles. The monoisotopic (exact) mass is 346 g/mol. The summed E-state index contributed by atoms with van der Waals surface area (Å²) in [5, 5.41) is 10.8. The van der Waals surface area contributed by atoms with Gasteiger partial charge in [0.1, 0.15) is 6.04 Å². The minimum Gasteiger partial charge on any atom is -0.467 e. The molecule has 7 heteroatoms. The van der Waals surface area contributed by atoms with Gasteiger partial charge in [-0.25, -0.2) is 4.79 Å². The highest BCUT2D eigenvalue weighted by Crippen LogP contribution is 2.34. The molecule has 0 bridgehead atoms. The molecule has 2 rings (SSSR count). The summed E-state index contributed by atoms with van der Waals surface area (Å²) in [5.74, 6) is -0.390. The van der Waals surface area contributed by atoms with Crippen molar-refractivity contribution in [1.29, 1.82) is 0 Å². The van der Waals surface area contributed by atoms with Crippen molar-refractivity contribution in [3.63, 3.8) is 0 Å². The van der Waals surface area contributed by atoms with Crippen LogP contribution in [0.2, 0.25) is 0 Å². The highest BCUT2D eigenvalue weighted by Gasteiger charge is 2.37. The van der Waals surface area contributed by atoms with Crippen molar-refractivity contribution in [2.24, 2.45) is 5.92 Å². The second kappa shape index (κ2) is 7.92. The van der Waals surface area contributed by atoms with Crippen molar-refractivity contribution in [3.05, 3.63) is 52.2 Å². The van der Waals surface area contributed by atoms with E-state index in [0.717, 1.165) is 12.0 Å². The van der Waals surface area contributed by atoms with E-state index in [-0.39, 0.29) is 35.8 Å². The molecular formula is C18H22N2O5. The van der Waals surface area contributed by atoms with E-state index in [0.29, 0.717) is 0 Å². The lowest BCUT2D eigenvalue weighted by molar-refractivity contribution is -0.384. The number of allylic oxidation sites excluding steroid dienone is 1. The van der Waals surface area contributed by atoms with Crippen LogP contribution in [0.25, 0.3) is 0 Å². The van der Waals surface area contributed by atoms with Gasteiger partial charge in [-0.2, -0.15) is 0 Å². The van der Waals surface area contributed by atoms with Gasteiger partial charge in [0, 0.05) is 24.8 Å². The quantitative estimate of drug-likeness (QED) is 0.447. The first-order chi connectivity index (χ1) is 11.9. The fourth-order valence-electron chi connectivity index (χ4n) is 3.02. The molecule has 1 heterocycles. The number of rotatable bonds is 6. The molecule has 1 aliphatic rings. The van der Waals surface area contributed by atoms with Crippen LogP contribution >= 0.6 is 0 Å². The number of nitrogens with zero attached hydrogens (tertiary/aromatic N) is 2. The lowest BCUT2D eigenvalue weighted by Crippen LogP contribution is -2.46. The smallest absolute Gasteiger partial charge is 0.328 e. The predicted octanol–water partition coefficient (Wildman–Crippen LogP) is 3.01. The van der Waals surface area contributed by atoms with Crippen molar-refractivity contribution in [2.45, 2.75) is 38.8 Å². The zero-order chi connectivity index (χ0) is 18.6. The molecule has 1 aromatic rings. The zero-order valence-corrected chi connectivity index (χ0v) is 14.5. The van der Waals surface area contributed by atoms with Crippen molar-refractivity contribution >= 4 is 17.4 Å². The molecule has 0 saturated carbocycles. The van der Waals surface area contributed by atoms with Gasteiger partial charge in [0.15, 0.2) is 5.78 Å². The number of hydrogen-bond acceptors (Lipinski definition) is 6. The Kier molecular flexibility index (Phi) is 5.90. The van der Waals surface area contributed by atoms with E-state index in [1.807, 2.05) is 18.7 Å². The molecule has 3 atom stereocenters. The summed E-state index contributed by atoms with van der Waals surface area (Å²) >= 11 is 0. The van der Waals surface area contributed by atoms with Crippen molar-refractivity contribution in [1.82, 2.24) is 4.90 Å². The fourth-order valence-corrected chi connectivity index (χ4v) is 3.02. The summed E-state index contributed by atoms with van der Waals surface area (Å²) < 4.78 is 4.96. The van der Waals surface area contributed by atoms with Crippen LogP contribution in [-0.2, 0) is 14.3 Å². The number of esters is 1. The summed E-state index contributed by atoms with van der Waals surface area (Å²) in [6.07, 6.45) is 4.06. The van der Waals surface area contributed by atoms with Gasteiger partial charge in [-0.1, -0.05) is 32.4 Å². The van der Waals surface area contributed by atoms with E-state index in [2.05, 4.69) is 0 Å². The summed E-state index contributed by atoms with van der Waals surface area (Å²) in [7, 11) is 1.34. The number of non-ortho nitro benzene ring substituents is 1. The van der Waals surface area contributed by atoms with Crippen molar-refractivity contribution in [2.75, 3.05) is 7.11 Å². The Balaban J connectivity index is 2.41. The number of ketones is 1. The van der Waals surface area contributed by atoms with Gasteiger partial charge < -0.3 is 9.64 Å². The molecule has 0 aromatic heterocycles. The van der Waals surface area contributed by atoms with Crippen LogP contribution in [0.15, 0.2) is 36.5 Å². The lowest BCUT2D eigenvalue weighted by atomic mass is 9.90. The molecule has 25 heavy (non-hydrogen) atoms. The average Bonchev–Trinajstić information content (AvgIpc) is 2.62. The first kappa shape index (κ1) is 18.6. The molecule has 0 saturated heterocycles. The summed E-state index contributed by atoms with van der Waals surface area (Å²) in [5.41, 5.74) is 0.736. The predicted molar refractivity (Wildman–Crippen MR) is 91.7 cm³/mol. The lowest BCUT2D eigenvalue weighted by Gasteiger charge is -2.40. The Morgan fingerprint density at radius 1 is 1.40 bits per heavy atom. The molecule has 134 valence electrons. The highest BCUT2D eigenvalue weighted by atomic mass is 16.6. The second-order valence-corrected chi connectivity index (χ2v) is 6.15. The van der Waals surface area contributed by atoms with Crippen LogP contribution in [0.3, 0.4) is 0 Å². The zero-order valence-electron chi connectivity index (χ0n) is 14.5. The summed E-state index contributed by atoms with van der Waals surface area (Å²) in [6.45, 7) is 3.94. The van der Waals surface area contributed by atoms with E-state index < -0.39 is 11.0 Å². The fraction of sp³-hybridized carbons (Fsp3) is 0.444. The second-order valence-electron chi connectivity index (χ2n) is 6.15. The van der Waals surface area contributed by atoms with E-state index in [4.69, 9.17) is 4.74 Å². The van der Waals surface area contributed by atoms with E-state index >= 15 is 0 Å². The molecule has 7 nitrogen and oxygen atoms in total. The first-order valence-electron chi connectivity index (χ1n) is 8.19. The van der Waals surface area contributed by atoms with Crippen LogP contribution in [0.5, 0.6) is 0 Å². The average molecular weight is 346 g/mol. The number of nitro benzene ring substituents is 1. The van der Waals surface area contributed by atoms with Gasteiger partial charge in [-0.05, 0) is 17.6 Å². The number of hydrogen-bond donors (Lipinski definition) is 0.